The summed E-state index contributed by atoms with van der Waals surface area (Å²) in [5.41, 5.74) is 0. The first kappa shape index (κ1) is 18.9. The third kappa shape index (κ3) is 5.54. The first-order valence-corrected chi connectivity index (χ1v) is 7.62. The van der Waals surface area contributed by atoms with E-state index in [0.717, 1.165) is 0 Å². The molecule has 7 nitrogen and oxygen atoms in total. The second-order valence-electron chi connectivity index (χ2n) is 4.00. The van der Waals surface area contributed by atoms with E-state index in [1.807, 2.05) is 0 Å². The molecule has 112 valence electrons. The van der Waals surface area contributed by atoms with Crippen LogP contribution < -0.4 is 39.0 Å². The first-order valence-electron chi connectivity index (χ1n) is 6.13. The minimum absolute atomic E-state index is 0. The number of methoxy groups -OCH3 is 1. The Morgan fingerprint density at radius 3 is 2.32 bits per heavy atom. The number of rotatable bonds is 7. The van der Waals surface area contributed by atoms with Gasteiger partial charge in [-0.1, -0.05) is 18.2 Å². The maximum atomic E-state index is 12.1. The Morgan fingerprint density at radius 2 is 1.73 bits per heavy atom. The Balaban J connectivity index is 0.00000242. The molecule has 0 spiro atoms. The van der Waals surface area contributed by atoms with Gasteiger partial charge in [-0.05, 0) is 12.1 Å². The standard InChI is InChI=1S/C13H15N3O4S.Na/c1-19-7-8-20-11-9-14-13(15-10-11)16-21(17,18)12-5-3-2-4-6-12;/h2-6,9-10H,7-8H2,1H3,(H,14,15,16);/q;+1. The molecule has 0 atom stereocenters. The van der Waals surface area contributed by atoms with Crippen LogP contribution in [0.15, 0.2) is 47.6 Å². The van der Waals surface area contributed by atoms with Crippen molar-refractivity contribution in [3.05, 3.63) is 42.7 Å². The molecule has 2 aromatic rings. The molecule has 0 unspecified atom stereocenters. The quantitative estimate of drug-likeness (QED) is 0.480. The molecule has 0 aliphatic heterocycles. The summed E-state index contributed by atoms with van der Waals surface area (Å²) in [4.78, 5) is 7.95. The number of nitrogens with one attached hydrogen (secondary N) is 1. The summed E-state index contributed by atoms with van der Waals surface area (Å²) in [6, 6.07) is 8.00. The molecule has 1 aromatic carbocycles. The van der Waals surface area contributed by atoms with Gasteiger partial charge in [0.15, 0.2) is 5.75 Å². The van der Waals surface area contributed by atoms with E-state index in [4.69, 9.17) is 9.47 Å². The normalized spacial score (nSPS) is 10.6. The Morgan fingerprint density at radius 1 is 1.09 bits per heavy atom. The zero-order valence-electron chi connectivity index (χ0n) is 12.4. The fourth-order valence-electron chi connectivity index (χ4n) is 1.47. The topological polar surface area (TPSA) is 90.4 Å². The first-order chi connectivity index (χ1) is 10.1. The van der Waals surface area contributed by atoms with Crippen molar-refractivity contribution in [2.75, 3.05) is 25.0 Å². The number of nitrogens with zero attached hydrogens (tertiary/aromatic N) is 2. The molecule has 9 heteroatoms. The Labute approximate surface area is 151 Å². The van der Waals surface area contributed by atoms with Crippen LogP contribution in [0.5, 0.6) is 5.75 Å². The number of aromatic nitrogens is 2. The summed E-state index contributed by atoms with van der Waals surface area (Å²) < 4.78 is 36.5. The van der Waals surface area contributed by atoms with Gasteiger partial charge in [-0.2, -0.15) is 0 Å². The molecule has 0 radical (unpaired) electrons. The van der Waals surface area contributed by atoms with E-state index in [9.17, 15) is 8.42 Å². The van der Waals surface area contributed by atoms with Gasteiger partial charge in [0, 0.05) is 7.11 Å². The summed E-state index contributed by atoms with van der Waals surface area (Å²) in [5.74, 6) is 0.424. The molecule has 0 amide bonds. The summed E-state index contributed by atoms with van der Waals surface area (Å²) in [6.07, 6.45) is 2.79. The van der Waals surface area contributed by atoms with Gasteiger partial charge >= 0.3 is 29.6 Å². The molecule has 1 aromatic heterocycles. The molecule has 0 aliphatic carbocycles. The monoisotopic (exact) mass is 332 g/mol. The average Bonchev–Trinajstić information content (AvgIpc) is 2.50. The molecular weight excluding hydrogens is 317 g/mol. The smallest absolute Gasteiger partial charge is 0.488 e. The fourth-order valence-corrected chi connectivity index (χ4v) is 2.44. The Kier molecular flexibility index (Phi) is 7.77. The summed E-state index contributed by atoms with van der Waals surface area (Å²) in [7, 11) is -2.11. The third-order valence-electron chi connectivity index (χ3n) is 2.46. The van der Waals surface area contributed by atoms with Crippen molar-refractivity contribution in [1.29, 1.82) is 0 Å². The van der Waals surface area contributed by atoms with E-state index >= 15 is 0 Å². The Bertz CT molecular complexity index is 665. The molecule has 1 heterocycles. The van der Waals surface area contributed by atoms with Crippen LogP contribution in [0.4, 0.5) is 5.95 Å². The van der Waals surface area contributed by atoms with Crippen LogP contribution in [-0.4, -0.2) is 38.7 Å². The van der Waals surface area contributed by atoms with Crippen molar-refractivity contribution in [1.82, 2.24) is 9.97 Å². The van der Waals surface area contributed by atoms with E-state index < -0.39 is 10.0 Å². The zero-order valence-corrected chi connectivity index (χ0v) is 15.2. The van der Waals surface area contributed by atoms with E-state index in [1.165, 1.54) is 24.5 Å². The predicted molar refractivity (Wildman–Crippen MR) is 76.7 cm³/mol. The molecule has 0 saturated carbocycles. The number of hydrogen-bond donors (Lipinski definition) is 1. The second-order valence-corrected chi connectivity index (χ2v) is 5.68. The number of ether oxygens (including phenoxy) is 2. The number of benzene rings is 1. The van der Waals surface area contributed by atoms with E-state index in [-0.39, 0.29) is 40.4 Å². The third-order valence-corrected chi connectivity index (χ3v) is 3.81. The van der Waals surface area contributed by atoms with Crippen molar-refractivity contribution >= 4 is 16.0 Å². The zero-order chi connectivity index (χ0) is 15.1. The minimum Gasteiger partial charge on any atom is -0.488 e. The van der Waals surface area contributed by atoms with Crippen molar-refractivity contribution in [3.63, 3.8) is 0 Å². The molecule has 0 fully saturated rings. The maximum absolute atomic E-state index is 12.1. The molecule has 22 heavy (non-hydrogen) atoms. The van der Waals surface area contributed by atoms with Crippen LogP contribution in [0, 0.1) is 0 Å². The summed E-state index contributed by atoms with van der Waals surface area (Å²) in [5, 5.41) is 0. The van der Waals surface area contributed by atoms with Gasteiger partial charge in [-0.15, -0.1) is 0 Å². The largest absolute Gasteiger partial charge is 1.00 e. The molecular formula is C13H15N3NaO4S+. The van der Waals surface area contributed by atoms with Gasteiger partial charge in [-0.25, -0.2) is 23.1 Å². The van der Waals surface area contributed by atoms with Crippen molar-refractivity contribution in [3.8, 4) is 5.75 Å². The number of sulfonamides is 1. The van der Waals surface area contributed by atoms with Gasteiger partial charge in [0.2, 0.25) is 5.95 Å². The van der Waals surface area contributed by atoms with E-state index in [2.05, 4.69) is 14.7 Å². The Hall–Kier alpha value is -1.19. The van der Waals surface area contributed by atoms with Gasteiger partial charge in [0.05, 0.1) is 23.9 Å². The van der Waals surface area contributed by atoms with Gasteiger partial charge in [0.1, 0.15) is 6.61 Å². The van der Waals surface area contributed by atoms with Crippen molar-refractivity contribution in [2.24, 2.45) is 0 Å². The average molecular weight is 332 g/mol. The predicted octanol–water partition coefficient (Wildman–Crippen LogP) is -1.69. The SMILES string of the molecule is COCCOc1cnc(NS(=O)(=O)c2ccccc2)nc1.[Na+]. The van der Waals surface area contributed by atoms with Crippen LogP contribution in [-0.2, 0) is 14.8 Å². The fraction of sp³-hybridized carbons (Fsp3) is 0.231. The molecule has 1 N–H and O–H groups in total. The number of anilines is 1. The van der Waals surface area contributed by atoms with E-state index in [0.29, 0.717) is 19.0 Å². The summed E-state index contributed by atoms with van der Waals surface area (Å²) >= 11 is 0. The van der Waals surface area contributed by atoms with Crippen molar-refractivity contribution in [2.45, 2.75) is 4.90 Å². The van der Waals surface area contributed by atoms with Crippen LogP contribution in [0.2, 0.25) is 0 Å². The summed E-state index contributed by atoms with van der Waals surface area (Å²) in [6.45, 7) is 0.817. The molecule has 2 rings (SSSR count). The minimum atomic E-state index is -3.68. The van der Waals surface area contributed by atoms with Crippen LogP contribution >= 0.6 is 0 Å². The van der Waals surface area contributed by atoms with Crippen LogP contribution in [0.25, 0.3) is 0 Å². The van der Waals surface area contributed by atoms with Crippen molar-refractivity contribution < 1.29 is 47.4 Å². The van der Waals surface area contributed by atoms with Crippen LogP contribution in [0.1, 0.15) is 0 Å². The van der Waals surface area contributed by atoms with E-state index in [1.54, 1.807) is 25.3 Å². The number of hydrogen-bond acceptors (Lipinski definition) is 6. The second kappa shape index (κ2) is 9.06. The van der Waals surface area contributed by atoms with Gasteiger partial charge in [0.25, 0.3) is 10.0 Å². The maximum Gasteiger partial charge on any atom is 1.00 e. The van der Waals surface area contributed by atoms with Gasteiger partial charge in [-0.3, -0.25) is 0 Å². The van der Waals surface area contributed by atoms with Crippen LogP contribution in [0.3, 0.4) is 0 Å². The molecule has 0 aliphatic rings. The molecule has 0 bridgehead atoms. The van der Waals surface area contributed by atoms with Gasteiger partial charge < -0.3 is 9.47 Å². The molecule has 0 saturated heterocycles.